The highest BCUT2D eigenvalue weighted by Gasteiger charge is 2.32. The van der Waals surface area contributed by atoms with Gasteiger partial charge in [0.05, 0.1) is 13.7 Å². The van der Waals surface area contributed by atoms with Gasteiger partial charge in [-0.05, 0) is 12.1 Å². The molecule has 0 spiro atoms. The van der Waals surface area contributed by atoms with Crippen molar-refractivity contribution >= 4 is 13.6 Å². The number of phosphoric acid groups is 1. The summed E-state index contributed by atoms with van der Waals surface area (Å²) in [5.74, 6) is 0.334. The fourth-order valence-electron chi connectivity index (χ4n) is 2.01. The Kier molecular flexibility index (Phi) is 4.87. The maximum atomic E-state index is 12.3. The van der Waals surface area contributed by atoms with Gasteiger partial charge in [-0.25, -0.2) is 9.09 Å². The van der Waals surface area contributed by atoms with Crippen LogP contribution in [-0.2, 0) is 9.09 Å². The summed E-state index contributed by atoms with van der Waals surface area (Å²) < 4.78 is 20.8. The molecule has 2 N–H and O–H groups in total. The van der Waals surface area contributed by atoms with E-state index < -0.39 is 14.2 Å². The molecule has 0 saturated carbocycles. The Hall–Kier alpha value is -1.86. The number of phosphoric ester groups is 1. The highest BCUT2D eigenvalue weighted by molar-refractivity contribution is 7.46. The highest BCUT2D eigenvalue weighted by atomic mass is 31.2. The van der Waals surface area contributed by atoms with Crippen LogP contribution in [0.2, 0.25) is 0 Å². The number of methoxy groups -OCH3 is 1. The zero-order valence-electron chi connectivity index (χ0n) is 12.1. The first-order valence-electron chi connectivity index (χ1n) is 6.37. The van der Waals surface area contributed by atoms with Gasteiger partial charge >= 0.3 is 7.82 Å². The minimum Gasteiger partial charge on any atom is -0.497 e. The molecular formula is C13H17N2O6P. The average molecular weight is 328 g/mol. The van der Waals surface area contributed by atoms with Gasteiger partial charge < -0.3 is 24.3 Å². The molecule has 1 aliphatic heterocycles. The third kappa shape index (κ3) is 4.08. The van der Waals surface area contributed by atoms with Crippen molar-refractivity contribution in [3.8, 4) is 5.75 Å². The summed E-state index contributed by atoms with van der Waals surface area (Å²) in [4.78, 5) is 33.0. The van der Waals surface area contributed by atoms with E-state index in [1.54, 1.807) is 43.7 Å². The lowest BCUT2D eigenvalue weighted by molar-refractivity contribution is -0.0304. The molecule has 120 valence electrons. The van der Waals surface area contributed by atoms with Crippen molar-refractivity contribution in [1.29, 1.82) is 0 Å². The van der Waals surface area contributed by atoms with Crippen molar-refractivity contribution < 1.29 is 28.4 Å². The number of hydrogen-bond acceptors (Lipinski definition) is 6. The lowest BCUT2D eigenvalue weighted by Gasteiger charge is -2.29. The fraction of sp³-hybridized carbons (Fsp3) is 0.308. The molecule has 1 aromatic carbocycles. The van der Waals surface area contributed by atoms with Crippen LogP contribution in [0, 0.1) is 0 Å². The Morgan fingerprint density at radius 3 is 2.73 bits per heavy atom. The maximum absolute atomic E-state index is 12.3. The normalized spacial score (nSPS) is 17.9. The molecule has 1 aliphatic rings. The maximum Gasteiger partial charge on any atom is 0.472 e. The van der Waals surface area contributed by atoms with Gasteiger partial charge in [-0.1, -0.05) is 12.1 Å². The van der Waals surface area contributed by atoms with E-state index in [1.165, 1.54) is 16.9 Å². The van der Waals surface area contributed by atoms with Crippen LogP contribution in [0.1, 0.15) is 10.4 Å². The summed E-state index contributed by atoms with van der Waals surface area (Å²) in [6, 6.07) is 6.67. The lowest BCUT2D eigenvalue weighted by atomic mass is 10.1. The molecule has 0 fully saturated rings. The highest BCUT2D eigenvalue weighted by Crippen LogP contribution is 2.40. The van der Waals surface area contributed by atoms with Crippen LogP contribution in [0.25, 0.3) is 0 Å². The minimum absolute atomic E-state index is 0.0846. The third-order valence-corrected chi connectivity index (χ3v) is 3.54. The molecule has 8 nitrogen and oxygen atoms in total. The molecule has 9 heteroatoms. The van der Waals surface area contributed by atoms with E-state index in [0.717, 1.165) is 0 Å². The zero-order chi connectivity index (χ0) is 16.3. The van der Waals surface area contributed by atoms with Crippen LogP contribution in [0.15, 0.2) is 36.7 Å². The third-order valence-electron chi connectivity index (χ3n) is 3.07. The predicted molar refractivity (Wildman–Crippen MR) is 77.9 cm³/mol. The van der Waals surface area contributed by atoms with Crippen LogP contribution in [0.5, 0.6) is 5.75 Å². The van der Waals surface area contributed by atoms with E-state index >= 15 is 0 Å². The molecule has 0 aliphatic carbocycles. The molecule has 0 radical (unpaired) electrons. The number of benzene rings is 1. The Morgan fingerprint density at radius 1 is 1.36 bits per heavy atom. The second kappa shape index (κ2) is 6.50. The molecule has 1 unspecified atom stereocenters. The number of nitrogens with zero attached hydrogens (tertiary/aromatic N) is 2. The lowest BCUT2D eigenvalue weighted by Crippen LogP contribution is -2.40. The number of carbonyl (C=O) groups is 1. The van der Waals surface area contributed by atoms with Gasteiger partial charge in [-0.15, -0.1) is 0 Å². The monoisotopic (exact) mass is 328 g/mol. The van der Waals surface area contributed by atoms with E-state index in [4.69, 9.17) is 14.5 Å². The number of ether oxygens (including phenoxy) is 1. The predicted octanol–water partition coefficient (Wildman–Crippen LogP) is 0.989. The number of carbonyl (C=O) groups excluding carboxylic acids is 1. The van der Waals surface area contributed by atoms with Crippen molar-refractivity contribution in [2.45, 2.75) is 6.35 Å². The smallest absolute Gasteiger partial charge is 0.472 e. The molecule has 0 amide bonds. The Balaban J connectivity index is 2.09. The quantitative estimate of drug-likeness (QED) is 0.589. The summed E-state index contributed by atoms with van der Waals surface area (Å²) in [7, 11) is -1.58. The first-order valence-corrected chi connectivity index (χ1v) is 7.90. The van der Waals surface area contributed by atoms with E-state index in [9.17, 15) is 9.36 Å². The molecular weight excluding hydrogens is 311 g/mol. The van der Waals surface area contributed by atoms with E-state index in [1.807, 2.05) is 0 Å². The van der Waals surface area contributed by atoms with Crippen molar-refractivity contribution in [2.24, 2.45) is 0 Å². The van der Waals surface area contributed by atoms with E-state index in [0.29, 0.717) is 11.3 Å². The van der Waals surface area contributed by atoms with Crippen molar-refractivity contribution in [1.82, 2.24) is 9.80 Å². The summed E-state index contributed by atoms with van der Waals surface area (Å²) in [6.07, 6.45) is 2.08. The first-order chi connectivity index (χ1) is 10.3. The molecule has 1 atom stereocenters. The molecule has 2 rings (SSSR count). The number of Topliss-reactive ketones (excluding diaryl/α,β-unsaturated/α-hetero) is 1. The minimum atomic E-state index is -4.67. The summed E-state index contributed by atoms with van der Waals surface area (Å²) in [5, 5.41) is 0. The second-order valence-electron chi connectivity index (χ2n) is 4.71. The molecule has 1 aromatic rings. The zero-order valence-corrected chi connectivity index (χ0v) is 13.0. The van der Waals surface area contributed by atoms with E-state index in [-0.39, 0.29) is 12.3 Å². The van der Waals surface area contributed by atoms with Crippen LogP contribution < -0.4 is 4.74 Å². The van der Waals surface area contributed by atoms with Crippen LogP contribution in [-0.4, -0.2) is 52.4 Å². The van der Waals surface area contributed by atoms with Crippen LogP contribution >= 0.6 is 7.82 Å². The van der Waals surface area contributed by atoms with Gasteiger partial charge in [0.1, 0.15) is 5.75 Å². The Labute approximate surface area is 127 Å². The van der Waals surface area contributed by atoms with Crippen LogP contribution in [0.4, 0.5) is 0 Å². The van der Waals surface area contributed by atoms with Gasteiger partial charge in [0.15, 0.2) is 5.78 Å². The molecule has 1 heterocycles. The van der Waals surface area contributed by atoms with Crippen molar-refractivity contribution in [3.63, 3.8) is 0 Å². The fourth-order valence-corrected chi connectivity index (χ4v) is 2.53. The average Bonchev–Trinajstić information content (AvgIpc) is 2.78. The van der Waals surface area contributed by atoms with E-state index in [2.05, 4.69) is 4.52 Å². The number of hydrogen-bond donors (Lipinski definition) is 2. The summed E-state index contributed by atoms with van der Waals surface area (Å²) in [6.45, 7) is -0.0846. The van der Waals surface area contributed by atoms with Crippen molar-refractivity contribution in [3.05, 3.63) is 42.2 Å². The summed E-state index contributed by atoms with van der Waals surface area (Å²) in [5.41, 5.74) is 0.442. The first kappa shape index (κ1) is 16.5. The van der Waals surface area contributed by atoms with Gasteiger partial charge in [0.25, 0.3) is 0 Å². The second-order valence-corrected chi connectivity index (χ2v) is 5.91. The molecule has 22 heavy (non-hydrogen) atoms. The molecule has 0 saturated heterocycles. The number of rotatable bonds is 6. The van der Waals surface area contributed by atoms with Gasteiger partial charge in [-0.3, -0.25) is 4.79 Å². The SMILES string of the molecule is COc1cccc(C(=O)CN2C=CN(C)C2OP(=O)(O)O)c1. The van der Waals surface area contributed by atoms with Crippen LogP contribution in [0.3, 0.4) is 0 Å². The Bertz CT molecular complexity index is 629. The standard InChI is InChI=1S/C13H17N2O6P/c1-14-6-7-15(13(14)21-22(17,18)19)9-12(16)10-4-3-5-11(8-10)20-2/h3-8,13H,9H2,1-2H3,(H2,17,18,19). The Morgan fingerprint density at radius 2 is 2.09 bits per heavy atom. The molecule has 0 bridgehead atoms. The largest absolute Gasteiger partial charge is 0.497 e. The molecule has 0 aromatic heterocycles. The summed E-state index contributed by atoms with van der Waals surface area (Å²) >= 11 is 0. The van der Waals surface area contributed by atoms with Gasteiger partial charge in [-0.2, -0.15) is 0 Å². The van der Waals surface area contributed by atoms with Gasteiger partial charge in [0.2, 0.25) is 6.35 Å². The van der Waals surface area contributed by atoms with Crippen molar-refractivity contribution in [2.75, 3.05) is 20.7 Å². The van der Waals surface area contributed by atoms with Gasteiger partial charge in [0, 0.05) is 25.0 Å². The topological polar surface area (TPSA) is 99.5 Å². The number of ketones is 1.